The standard InChI is InChI=1S/C16H22N2O7S/c1-3-26(22,23)17-8-6-12(7-9-17)16(19)25-11-13-10-14(18(20)21)4-5-15(13)24-2/h4-5,10,12H,3,6-9,11H2,1-2H3. The van der Waals surface area contributed by atoms with E-state index in [-0.39, 0.29) is 37.1 Å². The van der Waals surface area contributed by atoms with E-state index in [1.54, 1.807) is 6.92 Å². The number of nitro groups is 1. The molecule has 1 aliphatic heterocycles. The summed E-state index contributed by atoms with van der Waals surface area (Å²) in [7, 11) is -1.82. The second kappa shape index (κ2) is 8.45. The zero-order valence-electron chi connectivity index (χ0n) is 14.7. The van der Waals surface area contributed by atoms with Crippen LogP contribution in [0.25, 0.3) is 0 Å². The Bertz CT molecular complexity index is 771. The molecule has 0 aromatic heterocycles. The number of hydrogen-bond acceptors (Lipinski definition) is 7. The molecule has 0 unspecified atom stereocenters. The normalized spacial score (nSPS) is 16.2. The number of rotatable bonds is 7. The van der Waals surface area contributed by atoms with Crippen LogP contribution in [-0.2, 0) is 26.2 Å². The fourth-order valence-electron chi connectivity index (χ4n) is 2.81. The Balaban J connectivity index is 1.95. The molecular weight excluding hydrogens is 364 g/mol. The summed E-state index contributed by atoms with van der Waals surface area (Å²) < 4.78 is 35.5. The minimum Gasteiger partial charge on any atom is -0.496 e. The lowest BCUT2D eigenvalue weighted by atomic mass is 9.98. The molecule has 0 spiro atoms. The number of methoxy groups -OCH3 is 1. The van der Waals surface area contributed by atoms with E-state index in [9.17, 15) is 23.3 Å². The molecule has 0 bridgehead atoms. The Kier molecular flexibility index (Phi) is 6.54. The maximum Gasteiger partial charge on any atom is 0.309 e. The first-order valence-electron chi connectivity index (χ1n) is 8.24. The number of benzene rings is 1. The van der Waals surface area contributed by atoms with E-state index in [1.165, 1.54) is 29.6 Å². The monoisotopic (exact) mass is 386 g/mol. The average Bonchev–Trinajstić information content (AvgIpc) is 2.65. The Hall–Kier alpha value is -2.20. The van der Waals surface area contributed by atoms with Crippen LogP contribution in [0.1, 0.15) is 25.3 Å². The van der Waals surface area contributed by atoms with Gasteiger partial charge in [0.05, 0.1) is 23.7 Å². The van der Waals surface area contributed by atoms with E-state index in [0.717, 1.165) is 0 Å². The van der Waals surface area contributed by atoms with Crippen molar-refractivity contribution in [3.8, 4) is 5.75 Å². The van der Waals surface area contributed by atoms with Gasteiger partial charge in [0.2, 0.25) is 10.0 Å². The van der Waals surface area contributed by atoms with Crippen molar-refractivity contribution in [2.45, 2.75) is 26.4 Å². The van der Waals surface area contributed by atoms with Crippen molar-refractivity contribution in [1.82, 2.24) is 4.31 Å². The molecule has 1 aromatic rings. The van der Waals surface area contributed by atoms with Crippen molar-refractivity contribution in [3.63, 3.8) is 0 Å². The topological polar surface area (TPSA) is 116 Å². The summed E-state index contributed by atoms with van der Waals surface area (Å²) in [5.41, 5.74) is 0.288. The number of sulfonamides is 1. The van der Waals surface area contributed by atoms with E-state index in [4.69, 9.17) is 9.47 Å². The number of nitrogens with zero attached hydrogens (tertiary/aromatic N) is 2. The molecular formula is C16H22N2O7S. The minimum atomic E-state index is -3.25. The summed E-state index contributed by atoms with van der Waals surface area (Å²) in [5, 5.41) is 10.9. The number of carbonyl (C=O) groups excluding carboxylic acids is 1. The first-order valence-corrected chi connectivity index (χ1v) is 9.85. The SMILES string of the molecule is CCS(=O)(=O)N1CCC(C(=O)OCc2cc([N+](=O)[O-])ccc2OC)CC1. The molecule has 1 fully saturated rings. The van der Waals surface area contributed by atoms with Gasteiger partial charge in [0, 0.05) is 30.8 Å². The number of hydrogen-bond donors (Lipinski definition) is 0. The Morgan fingerprint density at radius 1 is 1.35 bits per heavy atom. The van der Waals surface area contributed by atoms with Gasteiger partial charge in [-0.2, -0.15) is 0 Å². The molecule has 1 aromatic carbocycles. The molecule has 0 saturated carbocycles. The fraction of sp³-hybridized carbons (Fsp3) is 0.562. The van der Waals surface area contributed by atoms with Gasteiger partial charge in [0.15, 0.2) is 0 Å². The molecule has 0 radical (unpaired) electrons. The zero-order valence-corrected chi connectivity index (χ0v) is 15.5. The average molecular weight is 386 g/mol. The molecule has 1 saturated heterocycles. The van der Waals surface area contributed by atoms with Gasteiger partial charge in [-0.3, -0.25) is 14.9 Å². The van der Waals surface area contributed by atoms with Gasteiger partial charge in [0.1, 0.15) is 12.4 Å². The zero-order chi connectivity index (χ0) is 19.3. The van der Waals surface area contributed by atoms with Crippen molar-refractivity contribution >= 4 is 21.7 Å². The van der Waals surface area contributed by atoms with Crippen molar-refractivity contribution in [2.75, 3.05) is 26.0 Å². The van der Waals surface area contributed by atoms with Gasteiger partial charge in [-0.1, -0.05) is 0 Å². The minimum absolute atomic E-state index is 0.0364. The summed E-state index contributed by atoms with van der Waals surface area (Å²) in [6.45, 7) is 2.02. The molecule has 0 atom stereocenters. The molecule has 144 valence electrons. The fourth-order valence-corrected chi connectivity index (χ4v) is 3.94. The van der Waals surface area contributed by atoms with E-state index >= 15 is 0 Å². The molecule has 0 amide bonds. The van der Waals surface area contributed by atoms with Crippen LogP contribution in [0.2, 0.25) is 0 Å². The van der Waals surface area contributed by atoms with Crippen LogP contribution < -0.4 is 4.74 Å². The molecule has 0 aliphatic carbocycles. The summed E-state index contributed by atoms with van der Waals surface area (Å²) >= 11 is 0. The third-order valence-electron chi connectivity index (χ3n) is 4.39. The smallest absolute Gasteiger partial charge is 0.309 e. The van der Waals surface area contributed by atoms with Gasteiger partial charge in [0.25, 0.3) is 5.69 Å². The van der Waals surface area contributed by atoms with Crippen LogP contribution in [0, 0.1) is 16.0 Å². The van der Waals surface area contributed by atoms with Gasteiger partial charge >= 0.3 is 5.97 Å². The highest BCUT2D eigenvalue weighted by molar-refractivity contribution is 7.89. The molecule has 9 nitrogen and oxygen atoms in total. The van der Waals surface area contributed by atoms with Crippen molar-refractivity contribution in [1.29, 1.82) is 0 Å². The molecule has 0 N–H and O–H groups in total. The third-order valence-corrected chi connectivity index (χ3v) is 6.27. The second-order valence-corrected chi connectivity index (χ2v) is 8.19. The summed E-state index contributed by atoms with van der Waals surface area (Å²) in [6, 6.07) is 4.08. The van der Waals surface area contributed by atoms with Gasteiger partial charge < -0.3 is 9.47 Å². The largest absolute Gasteiger partial charge is 0.496 e. The maximum absolute atomic E-state index is 12.3. The Morgan fingerprint density at radius 2 is 2.00 bits per heavy atom. The quantitative estimate of drug-likeness (QED) is 0.398. The van der Waals surface area contributed by atoms with Crippen molar-refractivity contribution < 1.29 is 27.6 Å². The Morgan fingerprint density at radius 3 is 2.54 bits per heavy atom. The highest BCUT2D eigenvalue weighted by Crippen LogP contribution is 2.26. The number of nitro benzene ring substituents is 1. The number of piperidine rings is 1. The van der Waals surface area contributed by atoms with Gasteiger partial charge in [-0.15, -0.1) is 0 Å². The first kappa shape index (κ1) is 20.1. The molecule has 2 rings (SSSR count). The third kappa shape index (κ3) is 4.70. The predicted octanol–water partition coefficient (Wildman–Crippen LogP) is 1.71. The first-order chi connectivity index (χ1) is 12.3. The predicted molar refractivity (Wildman–Crippen MR) is 93.2 cm³/mol. The van der Waals surface area contributed by atoms with E-state index in [0.29, 0.717) is 24.2 Å². The Labute approximate surface area is 152 Å². The van der Waals surface area contributed by atoms with Gasteiger partial charge in [-0.05, 0) is 25.8 Å². The summed E-state index contributed by atoms with van der Waals surface area (Å²) in [5.74, 6) is -0.392. The van der Waals surface area contributed by atoms with Gasteiger partial charge in [-0.25, -0.2) is 12.7 Å². The summed E-state index contributed by atoms with van der Waals surface area (Å²) in [6.07, 6.45) is 0.786. The number of ether oxygens (including phenoxy) is 2. The maximum atomic E-state index is 12.3. The van der Waals surface area contributed by atoms with Crippen LogP contribution in [0.5, 0.6) is 5.75 Å². The highest BCUT2D eigenvalue weighted by Gasteiger charge is 2.31. The molecule has 26 heavy (non-hydrogen) atoms. The van der Waals surface area contributed by atoms with E-state index in [2.05, 4.69) is 0 Å². The van der Waals surface area contributed by atoms with Crippen molar-refractivity contribution in [2.24, 2.45) is 5.92 Å². The number of carbonyl (C=O) groups is 1. The second-order valence-electron chi connectivity index (χ2n) is 5.93. The summed E-state index contributed by atoms with van der Waals surface area (Å²) in [4.78, 5) is 22.6. The molecule has 1 heterocycles. The lowest BCUT2D eigenvalue weighted by molar-refractivity contribution is -0.385. The van der Waals surface area contributed by atoms with Crippen LogP contribution in [0.3, 0.4) is 0 Å². The lowest BCUT2D eigenvalue weighted by Crippen LogP contribution is -2.41. The van der Waals surface area contributed by atoms with Crippen LogP contribution in [-0.4, -0.2) is 49.6 Å². The highest BCUT2D eigenvalue weighted by atomic mass is 32.2. The molecule has 1 aliphatic rings. The number of non-ortho nitro benzene ring substituents is 1. The van der Waals surface area contributed by atoms with Crippen molar-refractivity contribution in [3.05, 3.63) is 33.9 Å². The van der Waals surface area contributed by atoms with Crippen LogP contribution >= 0.6 is 0 Å². The lowest BCUT2D eigenvalue weighted by Gasteiger charge is -2.29. The van der Waals surface area contributed by atoms with E-state index in [1.807, 2.05) is 0 Å². The van der Waals surface area contributed by atoms with Crippen LogP contribution in [0.15, 0.2) is 18.2 Å². The van der Waals surface area contributed by atoms with E-state index < -0.39 is 20.9 Å². The number of esters is 1. The van der Waals surface area contributed by atoms with Crippen LogP contribution in [0.4, 0.5) is 5.69 Å². The molecule has 10 heteroatoms.